The van der Waals surface area contributed by atoms with E-state index in [1.165, 1.54) is 6.92 Å². The zero-order valence-corrected chi connectivity index (χ0v) is 13.2. The Kier molecular flexibility index (Phi) is 10.7. The fourth-order valence-corrected chi connectivity index (χ4v) is 2.47. The monoisotopic (exact) mass is 310 g/mol. The van der Waals surface area contributed by atoms with Crippen molar-refractivity contribution in [2.24, 2.45) is 0 Å². The van der Waals surface area contributed by atoms with E-state index in [0.717, 1.165) is 6.08 Å². The van der Waals surface area contributed by atoms with Gasteiger partial charge < -0.3 is 4.43 Å². The van der Waals surface area contributed by atoms with Crippen LogP contribution in [-0.4, -0.2) is 40.8 Å². The van der Waals surface area contributed by atoms with Crippen LogP contribution in [0.4, 0.5) is 0 Å². The first-order chi connectivity index (χ1) is 9.55. The second-order valence-electron chi connectivity index (χ2n) is 3.34. The summed E-state index contributed by atoms with van der Waals surface area (Å²) in [4.78, 5) is 25.9. The molecule has 9 heteroatoms. The van der Waals surface area contributed by atoms with Crippen LogP contribution in [0.1, 0.15) is 27.7 Å². The van der Waals surface area contributed by atoms with Crippen LogP contribution in [0.15, 0.2) is 12.7 Å². The second kappa shape index (κ2) is 11.1. The summed E-state index contributed by atoms with van der Waals surface area (Å²) in [5.41, 5.74) is 0. The highest BCUT2D eigenvalue weighted by molar-refractivity contribution is 6.53. The van der Waals surface area contributed by atoms with E-state index in [4.69, 9.17) is 32.8 Å². The first-order valence-electron chi connectivity index (χ1n) is 6.31. The molecule has 0 fully saturated rings. The van der Waals surface area contributed by atoms with Crippen molar-refractivity contribution < 1.29 is 37.6 Å². The Balaban J connectivity index is 4.90. The van der Waals surface area contributed by atoms with Gasteiger partial charge in [0, 0.05) is 0 Å². The minimum atomic E-state index is -3.94. The van der Waals surface area contributed by atoms with Gasteiger partial charge in [0.15, 0.2) is 5.78 Å². The average Bonchev–Trinajstić information content (AvgIpc) is 2.47. The van der Waals surface area contributed by atoms with E-state index in [1.54, 1.807) is 20.8 Å². The number of carbonyl (C=O) groups is 1. The molecule has 1 atom stereocenters. The van der Waals surface area contributed by atoms with Crippen LogP contribution in [0.25, 0.3) is 0 Å². The maximum atomic E-state index is 11.5. The molecule has 118 valence electrons. The first-order valence-corrected chi connectivity index (χ1v) is 7.94. The lowest BCUT2D eigenvalue weighted by atomic mass is 10.3. The van der Waals surface area contributed by atoms with Crippen LogP contribution >= 0.6 is 0 Å². The first kappa shape index (κ1) is 19.3. The highest BCUT2D eigenvalue weighted by atomic mass is 28.4. The Morgan fingerprint density at radius 3 is 1.75 bits per heavy atom. The van der Waals surface area contributed by atoms with Gasteiger partial charge in [-0.05, 0) is 33.8 Å². The van der Waals surface area contributed by atoms with E-state index in [-0.39, 0.29) is 25.6 Å². The third kappa shape index (κ3) is 7.22. The molecule has 0 aliphatic carbocycles. The van der Waals surface area contributed by atoms with Crippen molar-refractivity contribution >= 4 is 14.8 Å². The van der Waals surface area contributed by atoms with Gasteiger partial charge in [0.2, 0.25) is 0 Å². The number of rotatable bonds is 13. The minimum Gasteiger partial charge on any atom is -0.337 e. The predicted molar refractivity (Wildman–Crippen MR) is 69.6 cm³/mol. The summed E-state index contributed by atoms with van der Waals surface area (Å²) < 4.78 is 20.3. The van der Waals surface area contributed by atoms with Crippen LogP contribution in [0.2, 0.25) is 0 Å². The van der Waals surface area contributed by atoms with Crippen molar-refractivity contribution in [3.05, 3.63) is 12.7 Å². The molecule has 0 aliphatic rings. The van der Waals surface area contributed by atoms with Gasteiger partial charge in [-0.25, -0.2) is 14.7 Å². The standard InChI is InChI=1S/C11H22O8Si/c1-6-11(12)10(5)16-20(17-13-7-2,18-14-8-3)19-15-9-4/h6,10H,1,7-9H2,2-5H3. The molecular weight excluding hydrogens is 288 g/mol. The molecule has 0 N–H and O–H groups in total. The third-order valence-electron chi connectivity index (χ3n) is 1.76. The van der Waals surface area contributed by atoms with Gasteiger partial charge in [-0.3, -0.25) is 4.79 Å². The zero-order chi connectivity index (χ0) is 15.4. The molecule has 0 heterocycles. The molecule has 0 aromatic carbocycles. The van der Waals surface area contributed by atoms with E-state index < -0.39 is 15.2 Å². The van der Waals surface area contributed by atoms with Gasteiger partial charge >= 0.3 is 9.05 Å². The van der Waals surface area contributed by atoms with Crippen LogP contribution in [-0.2, 0) is 37.6 Å². The summed E-state index contributed by atoms with van der Waals surface area (Å²) in [6.45, 7) is 10.6. The Labute approximate surface area is 119 Å². The lowest BCUT2D eigenvalue weighted by Crippen LogP contribution is -2.52. The van der Waals surface area contributed by atoms with E-state index >= 15 is 0 Å². The van der Waals surface area contributed by atoms with Crippen LogP contribution < -0.4 is 0 Å². The summed E-state index contributed by atoms with van der Waals surface area (Å²) in [6, 6.07) is 0. The maximum Gasteiger partial charge on any atom is 0.765 e. The predicted octanol–water partition coefficient (Wildman–Crippen LogP) is 1.49. The van der Waals surface area contributed by atoms with Crippen LogP contribution in [0.5, 0.6) is 0 Å². The van der Waals surface area contributed by atoms with Crippen molar-refractivity contribution in [2.45, 2.75) is 33.8 Å². The lowest BCUT2D eigenvalue weighted by molar-refractivity contribution is -0.387. The van der Waals surface area contributed by atoms with E-state index in [2.05, 4.69) is 6.58 Å². The largest absolute Gasteiger partial charge is 0.765 e. The summed E-state index contributed by atoms with van der Waals surface area (Å²) in [7, 11) is -3.94. The second-order valence-corrected chi connectivity index (χ2v) is 5.07. The number of carbonyl (C=O) groups excluding carboxylic acids is 1. The van der Waals surface area contributed by atoms with Gasteiger partial charge in [-0.15, -0.1) is 0 Å². The normalized spacial score (nSPS) is 13.2. The minimum absolute atomic E-state index is 0.215. The van der Waals surface area contributed by atoms with Crippen molar-refractivity contribution in [3.63, 3.8) is 0 Å². The molecule has 8 nitrogen and oxygen atoms in total. The van der Waals surface area contributed by atoms with E-state index in [9.17, 15) is 4.79 Å². The Bertz CT molecular complexity index is 264. The number of hydrogen-bond donors (Lipinski definition) is 0. The fraction of sp³-hybridized carbons (Fsp3) is 0.727. The number of ketones is 1. The molecule has 0 aromatic heterocycles. The quantitative estimate of drug-likeness (QED) is 0.219. The van der Waals surface area contributed by atoms with Gasteiger partial charge in [0.05, 0.1) is 19.8 Å². The summed E-state index contributed by atoms with van der Waals surface area (Å²) in [5, 5.41) is 0. The van der Waals surface area contributed by atoms with Crippen molar-refractivity contribution in [3.8, 4) is 0 Å². The molecule has 0 spiro atoms. The molecule has 0 bridgehead atoms. The Hall–Kier alpha value is -0.653. The molecule has 0 saturated heterocycles. The molecule has 0 aromatic rings. The van der Waals surface area contributed by atoms with Gasteiger partial charge in [-0.2, -0.15) is 13.7 Å². The van der Waals surface area contributed by atoms with Crippen LogP contribution in [0.3, 0.4) is 0 Å². The summed E-state index contributed by atoms with van der Waals surface area (Å²) in [5.74, 6) is -0.373. The molecule has 0 saturated carbocycles. The average molecular weight is 310 g/mol. The van der Waals surface area contributed by atoms with E-state index in [1.807, 2.05) is 0 Å². The maximum absolute atomic E-state index is 11.5. The molecule has 0 amide bonds. The van der Waals surface area contributed by atoms with Crippen molar-refractivity contribution in [1.29, 1.82) is 0 Å². The molecule has 20 heavy (non-hydrogen) atoms. The summed E-state index contributed by atoms with van der Waals surface area (Å²) in [6.07, 6.45) is 0.201. The summed E-state index contributed by atoms with van der Waals surface area (Å²) >= 11 is 0. The third-order valence-corrected chi connectivity index (χ3v) is 3.37. The number of hydrogen-bond acceptors (Lipinski definition) is 8. The highest BCUT2D eigenvalue weighted by Crippen LogP contribution is 2.17. The van der Waals surface area contributed by atoms with Crippen LogP contribution in [0, 0.1) is 0 Å². The topological polar surface area (TPSA) is 81.7 Å². The molecular formula is C11H22O8Si. The molecule has 1 unspecified atom stereocenters. The van der Waals surface area contributed by atoms with Crippen molar-refractivity contribution in [1.82, 2.24) is 0 Å². The Morgan fingerprint density at radius 2 is 1.45 bits per heavy atom. The molecule has 0 rings (SSSR count). The zero-order valence-electron chi connectivity index (χ0n) is 12.2. The fourth-order valence-electron chi connectivity index (χ4n) is 0.934. The van der Waals surface area contributed by atoms with Gasteiger partial charge in [0.1, 0.15) is 6.10 Å². The Morgan fingerprint density at radius 1 is 1.05 bits per heavy atom. The van der Waals surface area contributed by atoms with E-state index in [0.29, 0.717) is 0 Å². The molecule has 0 aliphatic heterocycles. The van der Waals surface area contributed by atoms with Gasteiger partial charge in [0.25, 0.3) is 0 Å². The molecule has 0 radical (unpaired) electrons. The lowest BCUT2D eigenvalue weighted by Gasteiger charge is -2.25. The smallest absolute Gasteiger partial charge is 0.337 e. The van der Waals surface area contributed by atoms with Gasteiger partial charge in [-0.1, -0.05) is 6.58 Å². The SMILES string of the molecule is C=CC(=O)C(C)O[Si](OOCC)(OOCC)OOCC. The highest BCUT2D eigenvalue weighted by Gasteiger charge is 2.54. The van der Waals surface area contributed by atoms with Crippen molar-refractivity contribution in [2.75, 3.05) is 19.8 Å².